The van der Waals surface area contributed by atoms with Gasteiger partial charge >= 0.3 is 0 Å². The molecular formula is C15H18FNS. The first-order valence-corrected chi connectivity index (χ1v) is 6.95. The summed E-state index contributed by atoms with van der Waals surface area (Å²) in [5, 5.41) is 0. The van der Waals surface area contributed by atoms with Crippen LogP contribution in [0, 0.1) is 5.82 Å². The first-order valence-electron chi connectivity index (χ1n) is 6.14. The van der Waals surface area contributed by atoms with E-state index in [4.69, 9.17) is 5.73 Å². The van der Waals surface area contributed by atoms with E-state index < -0.39 is 5.54 Å². The minimum Gasteiger partial charge on any atom is -0.321 e. The first-order chi connectivity index (χ1) is 8.51. The SMILES string of the molecule is CCc1ccc(CC(C)(N)c2ccc(F)cc2)s1. The van der Waals surface area contributed by atoms with Crippen LogP contribution < -0.4 is 5.73 Å². The van der Waals surface area contributed by atoms with Gasteiger partial charge in [-0.25, -0.2) is 4.39 Å². The van der Waals surface area contributed by atoms with Crippen molar-refractivity contribution in [1.82, 2.24) is 0 Å². The Morgan fingerprint density at radius 3 is 2.28 bits per heavy atom. The van der Waals surface area contributed by atoms with Crippen molar-refractivity contribution in [2.24, 2.45) is 5.73 Å². The molecule has 0 aliphatic carbocycles. The van der Waals surface area contributed by atoms with Crippen molar-refractivity contribution in [1.29, 1.82) is 0 Å². The number of hydrogen-bond donors (Lipinski definition) is 1. The quantitative estimate of drug-likeness (QED) is 0.890. The summed E-state index contributed by atoms with van der Waals surface area (Å²) in [6.45, 7) is 4.14. The number of rotatable bonds is 4. The fourth-order valence-corrected chi connectivity index (χ4v) is 3.13. The Morgan fingerprint density at radius 1 is 1.11 bits per heavy atom. The summed E-state index contributed by atoms with van der Waals surface area (Å²) in [7, 11) is 0. The second-order valence-corrected chi connectivity index (χ2v) is 6.08. The highest BCUT2D eigenvalue weighted by Gasteiger charge is 2.22. The van der Waals surface area contributed by atoms with Crippen molar-refractivity contribution in [2.45, 2.75) is 32.2 Å². The third-order valence-electron chi connectivity index (χ3n) is 3.11. The molecule has 0 amide bonds. The van der Waals surface area contributed by atoms with E-state index in [2.05, 4.69) is 19.1 Å². The molecule has 0 spiro atoms. The van der Waals surface area contributed by atoms with Gasteiger partial charge in [0.05, 0.1) is 0 Å². The zero-order chi connectivity index (χ0) is 13.2. The predicted octanol–water partition coefficient (Wildman–Crippen LogP) is 3.87. The summed E-state index contributed by atoms with van der Waals surface area (Å²) in [6.07, 6.45) is 1.84. The average Bonchev–Trinajstić information content (AvgIpc) is 2.76. The largest absolute Gasteiger partial charge is 0.321 e. The molecule has 2 aromatic rings. The summed E-state index contributed by atoms with van der Waals surface area (Å²) in [5.41, 5.74) is 6.87. The van der Waals surface area contributed by atoms with E-state index in [1.165, 1.54) is 21.9 Å². The molecule has 0 saturated heterocycles. The lowest BCUT2D eigenvalue weighted by Crippen LogP contribution is -2.35. The highest BCUT2D eigenvalue weighted by atomic mass is 32.1. The van der Waals surface area contributed by atoms with Crippen molar-refractivity contribution < 1.29 is 4.39 Å². The van der Waals surface area contributed by atoms with Crippen LogP contribution in [0.1, 0.15) is 29.2 Å². The highest BCUT2D eigenvalue weighted by Crippen LogP contribution is 2.27. The molecule has 1 heterocycles. The maximum Gasteiger partial charge on any atom is 0.123 e. The molecule has 2 N–H and O–H groups in total. The molecule has 0 saturated carbocycles. The Hall–Kier alpha value is -1.19. The maximum atomic E-state index is 12.9. The van der Waals surface area contributed by atoms with Gasteiger partial charge in [-0.3, -0.25) is 0 Å². The molecule has 96 valence electrons. The second kappa shape index (κ2) is 5.21. The molecule has 0 bridgehead atoms. The van der Waals surface area contributed by atoms with Crippen LogP contribution in [0.25, 0.3) is 0 Å². The fraction of sp³-hybridized carbons (Fsp3) is 0.333. The van der Waals surface area contributed by atoms with Crippen LogP contribution in [0.3, 0.4) is 0 Å². The first kappa shape index (κ1) is 13.2. The van der Waals surface area contributed by atoms with Gasteiger partial charge in [-0.2, -0.15) is 0 Å². The van der Waals surface area contributed by atoms with Crippen LogP contribution in [0.5, 0.6) is 0 Å². The van der Waals surface area contributed by atoms with E-state index in [0.29, 0.717) is 0 Å². The zero-order valence-corrected chi connectivity index (χ0v) is 11.6. The molecule has 1 aromatic heterocycles. The Bertz CT molecular complexity index is 514. The van der Waals surface area contributed by atoms with Crippen LogP contribution >= 0.6 is 11.3 Å². The minimum atomic E-state index is -0.455. The summed E-state index contributed by atoms with van der Waals surface area (Å²) in [6, 6.07) is 10.8. The van der Waals surface area contributed by atoms with E-state index in [1.807, 2.05) is 6.92 Å². The van der Waals surface area contributed by atoms with E-state index in [0.717, 1.165) is 18.4 Å². The van der Waals surface area contributed by atoms with Crippen molar-refractivity contribution in [2.75, 3.05) is 0 Å². The van der Waals surface area contributed by atoms with Crippen LogP contribution in [0.15, 0.2) is 36.4 Å². The van der Waals surface area contributed by atoms with E-state index >= 15 is 0 Å². The average molecular weight is 263 g/mol. The van der Waals surface area contributed by atoms with Crippen molar-refractivity contribution in [3.8, 4) is 0 Å². The van der Waals surface area contributed by atoms with Crippen molar-refractivity contribution >= 4 is 11.3 Å². The van der Waals surface area contributed by atoms with Gasteiger partial charge in [0.25, 0.3) is 0 Å². The molecule has 2 rings (SSSR count). The number of halogens is 1. The zero-order valence-electron chi connectivity index (χ0n) is 10.7. The lowest BCUT2D eigenvalue weighted by atomic mass is 9.89. The van der Waals surface area contributed by atoms with Gasteiger partial charge in [0.1, 0.15) is 5.82 Å². The Balaban J connectivity index is 2.18. The van der Waals surface area contributed by atoms with Gasteiger partial charge < -0.3 is 5.73 Å². The number of hydrogen-bond acceptors (Lipinski definition) is 2. The van der Waals surface area contributed by atoms with Gasteiger partial charge in [-0.05, 0) is 43.2 Å². The molecule has 1 unspecified atom stereocenters. The summed E-state index contributed by atoms with van der Waals surface area (Å²) >= 11 is 1.80. The number of benzene rings is 1. The third kappa shape index (κ3) is 2.98. The number of nitrogens with two attached hydrogens (primary N) is 1. The van der Waals surface area contributed by atoms with Crippen LogP contribution in [-0.4, -0.2) is 0 Å². The van der Waals surface area contributed by atoms with Crippen LogP contribution in [-0.2, 0) is 18.4 Å². The molecule has 18 heavy (non-hydrogen) atoms. The van der Waals surface area contributed by atoms with Gasteiger partial charge in [-0.1, -0.05) is 19.1 Å². The summed E-state index contributed by atoms with van der Waals surface area (Å²) < 4.78 is 12.9. The predicted molar refractivity (Wildman–Crippen MR) is 75.3 cm³/mol. The Kier molecular flexibility index (Phi) is 3.83. The molecule has 0 fully saturated rings. The molecule has 1 atom stereocenters. The van der Waals surface area contributed by atoms with Crippen LogP contribution in [0.4, 0.5) is 4.39 Å². The Morgan fingerprint density at radius 2 is 1.72 bits per heavy atom. The normalized spacial score (nSPS) is 14.4. The number of aryl methyl sites for hydroxylation is 1. The topological polar surface area (TPSA) is 26.0 Å². The van der Waals surface area contributed by atoms with Gasteiger partial charge in [0.2, 0.25) is 0 Å². The molecule has 1 aromatic carbocycles. The molecule has 1 nitrogen and oxygen atoms in total. The van der Waals surface area contributed by atoms with E-state index in [-0.39, 0.29) is 5.82 Å². The van der Waals surface area contributed by atoms with E-state index in [1.54, 1.807) is 23.5 Å². The Labute approximate surface area is 111 Å². The number of thiophene rings is 1. The summed E-state index contributed by atoms with van der Waals surface area (Å²) in [4.78, 5) is 2.65. The van der Waals surface area contributed by atoms with E-state index in [9.17, 15) is 4.39 Å². The van der Waals surface area contributed by atoms with Crippen molar-refractivity contribution in [3.63, 3.8) is 0 Å². The van der Waals surface area contributed by atoms with Crippen molar-refractivity contribution in [3.05, 3.63) is 57.5 Å². The van der Waals surface area contributed by atoms with Gasteiger partial charge in [-0.15, -0.1) is 11.3 Å². The monoisotopic (exact) mass is 263 g/mol. The smallest absolute Gasteiger partial charge is 0.123 e. The second-order valence-electron chi connectivity index (χ2n) is 4.82. The van der Waals surface area contributed by atoms with Crippen LogP contribution in [0.2, 0.25) is 0 Å². The minimum absolute atomic E-state index is 0.223. The summed E-state index contributed by atoms with van der Waals surface area (Å²) in [5.74, 6) is -0.223. The standard InChI is InChI=1S/C15H18FNS/c1-3-13-8-9-14(18-13)10-15(2,17)11-4-6-12(16)7-5-11/h4-9H,3,10,17H2,1-2H3. The maximum absolute atomic E-state index is 12.9. The molecular weight excluding hydrogens is 245 g/mol. The molecule has 3 heteroatoms. The molecule has 0 radical (unpaired) electrons. The van der Waals surface area contributed by atoms with Gasteiger partial charge in [0.15, 0.2) is 0 Å². The van der Waals surface area contributed by atoms with Gasteiger partial charge in [0, 0.05) is 21.7 Å². The lowest BCUT2D eigenvalue weighted by Gasteiger charge is -2.24. The fourth-order valence-electron chi connectivity index (χ4n) is 2.00. The highest BCUT2D eigenvalue weighted by molar-refractivity contribution is 7.12. The lowest BCUT2D eigenvalue weighted by molar-refractivity contribution is 0.494. The molecule has 0 aliphatic rings. The molecule has 0 aliphatic heterocycles. The third-order valence-corrected chi connectivity index (χ3v) is 4.34.